The molecule has 3 rings (SSSR count). The summed E-state index contributed by atoms with van der Waals surface area (Å²) in [4.78, 5) is 10.8. The van der Waals surface area contributed by atoms with E-state index >= 15 is 0 Å². The smallest absolute Gasteiger partial charge is 0.338 e. The van der Waals surface area contributed by atoms with E-state index in [1.54, 1.807) is 6.20 Å². The van der Waals surface area contributed by atoms with Crippen LogP contribution in [0.2, 0.25) is 0 Å². The summed E-state index contributed by atoms with van der Waals surface area (Å²) in [6.07, 6.45) is 2.94. The van der Waals surface area contributed by atoms with Crippen molar-refractivity contribution in [1.82, 2.24) is 10.2 Å². The van der Waals surface area contributed by atoms with Gasteiger partial charge in [-0.15, -0.1) is 0 Å². The summed E-state index contributed by atoms with van der Waals surface area (Å²) < 4.78 is 5.17. The van der Waals surface area contributed by atoms with E-state index in [0.717, 1.165) is 16.9 Å². The van der Waals surface area contributed by atoms with Crippen molar-refractivity contribution in [2.24, 2.45) is 0 Å². The van der Waals surface area contributed by atoms with E-state index in [0.29, 0.717) is 12.3 Å². The van der Waals surface area contributed by atoms with E-state index < -0.39 is 5.97 Å². The van der Waals surface area contributed by atoms with Gasteiger partial charge in [0.2, 0.25) is 0 Å². The molecule has 0 bridgehead atoms. The molecule has 0 unspecified atom stereocenters. The summed E-state index contributed by atoms with van der Waals surface area (Å²) in [5.41, 5.74) is 3.08. The van der Waals surface area contributed by atoms with Crippen LogP contribution in [0.4, 0.5) is 5.69 Å². The third-order valence-electron chi connectivity index (χ3n) is 3.06. The number of furan rings is 1. The molecule has 0 fully saturated rings. The maximum absolute atomic E-state index is 10.8. The molecule has 2 heterocycles. The van der Waals surface area contributed by atoms with E-state index in [9.17, 15) is 4.79 Å². The van der Waals surface area contributed by atoms with Gasteiger partial charge in [-0.05, 0) is 29.8 Å². The molecule has 1 aromatic carbocycles. The SMILES string of the molecule is O=C(O)c1coc(CNc2ccc(-c3ccn[nH]3)cc2)c1. The van der Waals surface area contributed by atoms with Crippen LogP contribution in [0.3, 0.4) is 0 Å². The lowest BCUT2D eigenvalue weighted by atomic mass is 10.1. The number of benzene rings is 1. The number of carboxylic acid groups (broad SMARTS) is 1. The molecule has 106 valence electrons. The van der Waals surface area contributed by atoms with Crippen LogP contribution >= 0.6 is 0 Å². The summed E-state index contributed by atoms with van der Waals surface area (Å²) in [5, 5.41) is 18.8. The van der Waals surface area contributed by atoms with Crippen LogP contribution in [-0.2, 0) is 6.54 Å². The summed E-state index contributed by atoms with van der Waals surface area (Å²) in [6, 6.07) is 11.2. The van der Waals surface area contributed by atoms with Crippen LogP contribution in [-0.4, -0.2) is 21.3 Å². The summed E-state index contributed by atoms with van der Waals surface area (Å²) >= 11 is 0. The standard InChI is InChI=1S/C15H13N3O3/c19-15(20)11-7-13(21-9-11)8-16-12-3-1-10(2-4-12)14-5-6-17-18-14/h1-7,9,16H,8H2,(H,17,18)(H,19,20). The molecule has 3 N–H and O–H groups in total. The van der Waals surface area contributed by atoms with Crippen LogP contribution < -0.4 is 5.32 Å². The highest BCUT2D eigenvalue weighted by molar-refractivity contribution is 5.87. The van der Waals surface area contributed by atoms with E-state index in [4.69, 9.17) is 9.52 Å². The van der Waals surface area contributed by atoms with Crippen molar-refractivity contribution in [2.75, 3.05) is 5.32 Å². The molecule has 0 saturated heterocycles. The van der Waals surface area contributed by atoms with Gasteiger partial charge in [0.1, 0.15) is 12.0 Å². The minimum atomic E-state index is -0.992. The molecule has 0 aliphatic carbocycles. The van der Waals surface area contributed by atoms with E-state index in [1.165, 1.54) is 12.3 Å². The zero-order valence-corrected chi connectivity index (χ0v) is 11.0. The van der Waals surface area contributed by atoms with Gasteiger partial charge in [0.05, 0.1) is 17.8 Å². The maximum atomic E-state index is 10.8. The van der Waals surface area contributed by atoms with Crippen molar-refractivity contribution < 1.29 is 14.3 Å². The first-order chi connectivity index (χ1) is 10.2. The topological polar surface area (TPSA) is 91.2 Å². The number of nitrogens with one attached hydrogen (secondary N) is 2. The largest absolute Gasteiger partial charge is 0.478 e. The first kappa shape index (κ1) is 13.0. The molecule has 0 radical (unpaired) electrons. The van der Waals surface area contributed by atoms with Gasteiger partial charge in [-0.2, -0.15) is 5.10 Å². The monoisotopic (exact) mass is 283 g/mol. The second kappa shape index (κ2) is 5.54. The zero-order valence-electron chi connectivity index (χ0n) is 11.0. The van der Waals surface area contributed by atoms with Crippen LogP contribution in [0.1, 0.15) is 16.1 Å². The lowest BCUT2D eigenvalue weighted by Crippen LogP contribution is -1.98. The number of H-pyrrole nitrogens is 1. The fourth-order valence-electron chi connectivity index (χ4n) is 1.96. The summed E-state index contributed by atoms with van der Waals surface area (Å²) in [7, 11) is 0. The first-order valence-electron chi connectivity index (χ1n) is 6.37. The molecule has 0 aliphatic rings. The van der Waals surface area contributed by atoms with E-state index in [-0.39, 0.29) is 5.56 Å². The van der Waals surface area contributed by atoms with Crippen molar-refractivity contribution in [2.45, 2.75) is 6.54 Å². The number of rotatable bonds is 5. The second-order valence-corrected chi connectivity index (χ2v) is 4.51. The molecular formula is C15H13N3O3. The Bertz CT molecular complexity index is 730. The van der Waals surface area contributed by atoms with Crippen LogP contribution in [0.25, 0.3) is 11.3 Å². The predicted molar refractivity (Wildman–Crippen MR) is 77.0 cm³/mol. The van der Waals surface area contributed by atoms with Gasteiger partial charge in [0, 0.05) is 11.9 Å². The Morgan fingerprint density at radius 1 is 1.29 bits per heavy atom. The number of anilines is 1. The number of hydrogen-bond acceptors (Lipinski definition) is 4. The number of carboxylic acids is 1. The molecule has 0 aliphatic heterocycles. The second-order valence-electron chi connectivity index (χ2n) is 4.51. The highest BCUT2D eigenvalue weighted by Gasteiger charge is 2.07. The Balaban J connectivity index is 1.64. The van der Waals surface area contributed by atoms with Crippen LogP contribution in [0.5, 0.6) is 0 Å². The van der Waals surface area contributed by atoms with Crippen molar-refractivity contribution in [3.05, 3.63) is 60.2 Å². The Morgan fingerprint density at radius 2 is 2.10 bits per heavy atom. The van der Waals surface area contributed by atoms with Gasteiger partial charge in [-0.3, -0.25) is 5.10 Å². The van der Waals surface area contributed by atoms with Crippen molar-refractivity contribution in [3.63, 3.8) is 0 Å². The van der Waals surface area contributed by atoms with E-state index in [1.807, 2.05) is 30.3 Å². The maximum Gasteiger partial charge on any atom is 0.338 e. The van der Waals surface area contributed by atoms with Gasteiger partial charge in [0.25, 0.3) is 0 Å². The van der Waals surface area contributed by atoms with Crippen molar-refractivity contribution in [1.29, 1.82) is 0 Å². The van der Waals surface area contributed by atoms with Gasteiger partial charge < -0.3 is 14.8 Å². The Labute approximate surface area is 120 Å². The van der Waals surface area contributed by atoms with Gasteiger partial charge in [0.15, 0.2) is 0 Å². The normalized spacial score (nSPS) is 10.5. The highest BCUT2D eigenvalue weighted by atomic mass is 16.4. The third kappa shape index (κ3) is 2.94. The molecule has 6 nitrogen and oxygen atoms in total. The number of aromatic amines is 1. The van der Waals surface area contributed by atoms with Gasteiger partial charge >= 0.3 is 5.97 Å². The number of hydrogen-bond donors (Lipinski definition) is 3. The zero-order chi connectivity index (χ0) is 14.7. The first-order valence-corrected chi connectivity index (χ1v) is 6.37. The number of carbonyl (C=O) groups is 1. The Morgan fingerprint density at radius 3 is 2.71 bits per heavy atom. The fraction of sp³-hybridized carbons (Fsp3) is 0.0667. The molecule has 0 amide bonds. The molecule has 21 heavy (non-hydrogen) atoms. The molecular weight excluding hydrogens is 270 g/mol. The minimum Gasteiger partial charge on any atom is -0.478 e. The lowest BCUT2D eigenvalue weighted by molar-refractivity contribution is 0.0696. The quantitative estimate of drug-likeness (QED) is 0.669. The number of nitrogens with zero attached hydrogens (tertiary/aromatic N) is 1. The highest BCUT2D eigenvalue weighted by Crippen LogP contribution is 2.19. The lowest BCUT2D eigenvalue weighted by Gasteiger charge is -2.05. The van der Waals surface area contributed by atoms with Crippen molar-refractivity contribution >= 4 is 11.7 Å². The average molecular weight is 283 g/mol. The molecule has 0 spiro atoms. The molecule has 6 heteroatoms. The number of aromatic carboxylic acids is 1. The van der Waals surface area contributed by atoms with E-state index in [2.05, 4.69) is 15.5 Å². The average Bonchev–Trinajstić information content (AvgIpc) is 3.17. The van der Waals surface area contributed by atoms with Crippen LogP contribution in [0.15, 0.2) is 53.3 Å². The Hall–Kier alpha value is -3.02. The Kier molecular flexibility index (Phi) is 3.42. The van der Waals surface area contributed by atoms with Crippen LogP contribution in [0, 0.1) is 0 Å². The third-order valence-corrected chi connectivity index (χ3v) is 3.06. The fourth-order valence-corrected chi connectivity index (χ4v) is 1.96. The molecule has 3 aromatic rings. The summed E-state index contributed by atoms with van der Waals surface area (Å²) in [6.45, 7) is 0.427. The molecule has 0 atom stereocenters. The minimum absolute atomic E-state index is 0.154. The molecule has 2 aromatic heterocycles. The van der Waals surface area contributed by atoms with Gasteiger partial charge in [-0.25, -0.2) is 4.79 Å². The summed E-state index contributed by atoms with van der Waals surface area (Å²) in [5.74, 6) is -0.418. The van der Waals surface area contributed by atoms with Gasteiger partial charge in [-0.1, -0.05) is 12.1 Å². The molecule has 0 saturated carbocycles. The predicted octanol–water partition coefficient (Wildman–Crippen LogP) is 2.98. The van der Waals surface area contributed by atoms with Crippen molar-refractivity contribution in [3.8, 4) is 11.3 Å². The number of aromatic nitrogens is 2.